The fraction of sp³-hybridized carbons (Fsp3) is 0.333. The lowest BCUT2D eigenvalue weighted by Crippen LogP contribution is -2.48. The van der Waals surface area contributed by atoms with E-state index in [4.69, 9.17) is 16.3 Å². The number of hydrogen-bond donors (Lipinski definition) is 0. The smallest absolute Gasteiger partial charge is 0.243 e. The van der Waals surface area contributed by atoms with Gasteiger partial charge in [-0.3, -0.25) is 4.90 Å². The Morgan fingerprint density at radius 3 is 2.46 bits per heavy atom. The van der Waals surface area contributed by atoms with E-state index in [0.717, 1.165) is 5.56 Å². The third kappa shape index (κ3) is 3.71. The van der Waals surface area contributed by atoms with Crippen LogP contribution in [0.5, 0.6) is 5.75 Å². The van der Waals surface area contributed by atoms with Crippen molar-refractivity contribution in [2.45, 2.75) is 10.9 Å². The second-order valence-corrected chi connectivity index (χ2v) is 8.55. The number of methoxy groups -OCH3 is 1. The van der Waals surface area contributed by atoms with Gasteiger partial charge in [0.15, 0.2) is 0 Å². The Morgan fingerprint density at radius 2 is 1.85 bits per heavy atom. The Balaban J connectivity index is 1.88. The summed E-state index contributed by atoms with van der Waals surface area (Å²) in [5.74, 6) is 0.109. The highest BCUT2D eigenvalue weighted by Crippen LogP contribution is 2.31. The van der Waals surface area contributed by atoms with Gasteiger partial charge in [-0.05, 0) is 42.9 Å². The average Bonchev–Trinajstić information content (AvgIpc) is 2.62. The van der Waals surface area contributed by atoms with E-state index in [9.17, 15) is 12.8 Å². The second-order valence-electron chi connectivity index (χ2n) is 6.21. The van der Waals surface area contributed by atoms with E-state index in [1.165, 1.54) is 35.7 Å². The highest BCUT2D eigenvalue weighted by molar-refractivity contribution is 7.89. The fourth-order valence-corrected chi connectivity index (χ4v) is 4.86. The lowest BCUT2D eigenvalue weighted by molar-refractivity contribution is 0.148. The van der Waals surface area contributed by atoms with E-state index < -0.39 is 10.0 Å². The van der Waals surface area contributed by atoms with Gasteiger partial charge in [-0.15, -0.1) is 0 Å². The molecule has 5 nitrogen and oxygen atoms in total. The summed E-state index contributed by atoms with van der Waals surface area (Å²) in [5.41, 5.74) is 0.876. The molecule has 2 aromatic rings. The highest BCUT2D eigenvalue weighted by atomic mass is 35.5. The van der Waals surface area contributed by atoms with Crippen LogP contribution in [0.4, 0.5) is 4.39 Å². The Kier molecular flexibility index (Phi) is 5.53. The fourth-order valence-electron chi connectivity index (χ4n) is 3.07. The number of halogens is 2. The molecule has 1 atom stereocenters. The first-order chi connectivity index (χ1) is 12.3. The molecule has 0 bridgehead atoms. The first-order valence-electron chi connectivity index (χ1n) is 8.12. The monoisotopic (exact) mass is 398 g/mol. The molecule has 0 aromatic heterocycles. The molecule has 1 aliphatic rings. The number of nitrogens with zero attached hydrogens (tertiary/aromatic N) is 2. The molecule has 0 amide bonds. The van der Waals surface area contributed by atoms with Gasteiger partial charge in [-0.2, -0.15) is 4.31 Å². The van der Waals surface area contributed by atoms with E-state index in [2.05, 4.69) is 4.90 Å². The van der Waals surface area contributed by atoms with Crippen LogP contribution in [0.25, 0.3) is 0 Å². The molecule has 0 aliphatic carbocycles. The number of sulfonamides is 1. The lowest BCUT2D eigenvalue weighted by Gasteiger charge is -2.39. The van der Waals surface area contributed by atoms with E-state index >= 15 is 0 Å². The molecule has 1 unspecified atom stereocenters. The van der Waals surface area contributed by atoms with Gasteiger partial charge >= 0.3 is 0 Å². The van der Waals surface area contributed by atoms with Crippen LogP contribution < -0.4 is 4.74 Å². The van der Waals surface area contributed by atoms with E-state index in [1.807, 2.05) is 7.05 Å². The van der Waals surface area contributed by atoms with Gasteiger partial charge in [0.25, 0.3) is 0 Å². The summed E-state index contributed by atoms with van der Waals surface area (Å²) in [5, 5.41) is 0.248. The van der Waals surface area contributed by atoms with Crippen molar-refractivity contribution in [3.05, 3.63) is 58.9 Å². The summed E-state index contributed by atoms with van der Waals surface area (Å²) in [6.07, 6.45) is 0. The van der Waals surface area contributed by atoms with Crippen LogP contribution in [-0.2, 0) is 10.0 Å². The molecule has 3 rings (SSSR count). The van der Waals surface area contributed by atoms with Crippen molar-refractivity contribution in [3.63, 3.8) is 0 Å². The van der Waals surface area contributed by atoms with Crippen molar-refractivity contribution in [2.24, 2.45) is 0 Å². The van der Waals surface area contributed by atoms with E-state index in [0.29, 0.717) is 18.8 Å². The molecule has 0 spiro atoms. The molecule has 1 saturated heterocycles. The maximum Gasteiger partial charge on any atom is 0.243 e. The van der Waals surface area contributed by atoms with Crippen LogP contribution in [0.15, 0.2) is 47.4 Å². The summed E-state index contributed by atoms with van der Waals surface area (Å²) in [6, 6.07) is 10.5. The Bertz CT molecular complexity index is 890. The molecule has 0 radical (unpaired) electrons. The quantitative estimate of drug-likeness (QED) is 0.793. The van der Waals surface area contributed by atoms with Crippen LogP contribution in [0.2, 0.25) is 5.02 Å². The second kappa shape index (κ2) is 7.52. The Labute approximate surface area is 158 Å². The van der Waals surface area contributed by atoms with Gasteiger partial charge in [0.05, 0.1) is 17.0 Å². The van der Waals surface area contributed by atoms with Crippen molar-refractivity contribution in [1.29, 1.82) is 0 Å². The predicted octanol–water partition coefficient (Wildman–Crippen LogP) is 3.17. The largest absolute Gasteiger partial charge is 0.495 e. The molecule has 1 fully saturated rings. The SMILES string of the molecule is COc1ccc(S(=O)(=O)N2CCN(C)C(c3ccc(F)cc3)C2)cc1Cl. The number of likely N-dealkylation sites (N-methyl/N-ethyl adjacent to an activating group) is 1. The van der Waals surface area contributed by atoms with Gasteiger partial charge in [-0.1, -0.05) is 23.7 Å². The summed E-state index contributed by atoms with van der Waals surface area (Å²) in [4.78, 5) is 2.20. The summed E-state index contributed by atoms with van der Waals surface area (Å²) < 4.78 is 45.8. The van der Waals surface area contributed by atoms with Crippen molar-refractivity contribution in [1.82, 2.24) is 9.21 Å². The molecule has 26 heavy (non-hydrogen) atoms. The van der Waals surface area contributed by atoms with Crippen LogP contribution in [-0.4, -0.2) is 51.4 Å². The third-order valence-corrected chi connectivity index (χ3v) is 6.78. The van der Waals surface area contributed by atoms with Crippen LogP contribution >= 0.6 is 11.6 Å². The Hall–Kier alpha value is -1.67. The zero-order valence-corrected chi connectivity index (χ0v) is 16.1. The van der Waals surface area contributed by atoms with Crippen LogP contribution in [0.1, 0.15) is 11.6 Å². The number of ether oxygens (including phenoxy) is 1. The number of benzene rings is 2. The van der Waals surface area contributed by atoms with E-state index in [-0.39, 0.29) is 28.3 Å². The molecule has 140 valence electrons. The lowest BCUT2D eigenvalue weighted by atomic mass is 10.0. The van der Waals surface area contributed by atoms with Crippen molar-refractivity contribution in [2.75, 3.05) is 33.8 Å². The zero-order chi connectivity index (χ0) is 18.9. The van der Waals surface area contributed by atoms with Crippen molar-refractivity contribution >= 4 is 21.6 Å². The first kappa shape index (κ1) is 19.1. The minimum absolute atomic E-state index is 0.130. The number of piperazine rings is 1. The first-order valence-corrected chi connectivity index (χ1v) is 9.94. The molecule has 1 heterocycles. The van der Waals surface area contributed by atoms with Gasteiger partial charge in [0, 0.05) is 25.7 Å². The number of rotatable bonds is 4. The minimum Gasteiger partial charge on any atom is -0.495 e. The molecule has 0 N–H and O–H groups in total. The average molecular weight is 399 g/mol. The minimum atomic E-state index is -3.69. The molecule has 0 saturated carbocycles. The maximum atomic E-state index is 13.2. The van der Waals surface area contributed by atoms with Crippen LogP contribution in [0, 0.1) is 5.82 Å². The summed E-state index contributed by atoms with van der Waals surface area (Å²) >= 11 is 6.09. The van der Waals surface area contributed by atoms with Gasteiger partial charge < -0.3 is 4.74 Å². The molecule has 1 aliphatic heterocycles. The maximum absolute atomic E-state index is 13.2. The standard InChI is InChI=1S/C18H20ClFN2O3S/c1-21-9-10-22(12-17(21)13-3-5-14(20)6-4-13)26(23,24)15-7-8-18(25-2)16(19)11-15/h3-8,11,17H,9-10,12H2,1-2H3. The topological polar surface area (TPSA) is 49.9 Å². The van der Waals surface area contributed by atoms with E-state index in [1.54, 1.807) is 18.2 Å². The summed E-state index contributed by atoms with van der Waals surface area (Å²) in [7, 11) is -0.281. The molecule has 2 aromatic carbocycles. The van der Waals surface area contributed by atoms with Gasteiger partial charge in [0.2, 0.25) is 10.0 Å². The van der Waals surface area contributed by atoms with Crippen molar-refractivity contribution in [3.8, 4) is 5.75 Å². The van der Waals surface area contributed by atoms with Crippen molar-refractivity contribution < 1.29 is 17.5 Å². The normalized spacial score (nSPS) is 19.5. The van der Waals surface area contributed by atoms with Crippen LogP contribution in [0.3, 0.4) is 0 Å². The summed E-state index contributed by atoms with van der Waals surface area (Å²) in [6.45, 7) is 1.24. The molecular weight excluding hydrogens is 379 g/mol. The highest BCUT2D eigenvalue weighted by Gasteiger charge is 2.33. The zero-order valence-electron chi connectivity index (χ0n) is 14.5. The van der Waals surface area contributed by atoms with Gasteiger partial charge in [0.1, 0.15) is 11.6 Å². The molecule has 8 heteroatoms. The van der Waals surface area contributed by atoms with Gasteiger partial charge in [-0.25, -0.2) is 12.8 Å². The predicted molar refractivity (Wildman–Crippen MR) is 98.5 cm³/mol. The third-order valence-electron chi connectivity index (χ3n) is 4.63. The number of hydrogen-bond acceptors (Lipinski definition) is 4. The Morgan fingerprint density at radius 1 is 1.15 bits per heavy atom. The molecular formula is C18H20ClFN2O3S.